The predicted molar refractivity (Wildman–Crippen MR) is 60.0 cm³/mol. The van der Waals surface area contributed by atoms with E-state index in [1.165, 1.54) is 25.7 Å². The lowest BCUT2D eigenvalue weighted by molar-refractivity contribution is 0.00242. The van der Waals surface area contributed by atoms with E-state index >= 15 is 0 Å². The van der Waals surface area contributed by atoms with Crippen LogP contribution in [0.2, 0.25) is 0 Å². The van der Waals surface area contributed by atoms with Crippen molar-refractivity contribution < 1.29 is 9.47 Å². The van der Waals surface area contributed by atoms with Crippen LogP contribution >= 0.6 is 0 Å². The minimum atomic E-state index is 0.548. The summed E-state index contributed by atoms with van der Waals surface area (Å²) in [7, 11) is 1.76. The maximum Gasteiger partial charge on any atom is 0.0587 e. The Kier molecular flexibility index (Phi) is 4.00. The molecule has 1 aliphatic heterocycles. The van der Waals surface area contributed by atoms with Crippen molar-refractivity contribution in [2.45, 2.75) is 25.7 Å². The second-order valence-corrected chi connectivity index (χ2v) is 4.92. The smallest absolute Gasteiger partial charge is 0.0587 e. The van der Waals surface area contributed by atoms with Gasteiger partial charge in [0.05, 0.1) is 6.61 Å². The van der Waals surface area contributed by atoms with E-state index in [2.05, 4.69) is 5.32 Å². The van der Waals surface area contributed by atoms with Crippen LogP contribution in [0, 0.1) is 11.3 Å². The van der Waals surface area contributed by atoms with Crippen molar-refractivity contribution in [3.63, 3.8) is 0 Å². The van der Waals surface area contributed by atoms with Gasteiger partial charge in [-0.15, -0.1) is 0 Å². The second kappa shape index (κ2) is 5.28. The number of hydrogen-bond acceptors (Lipinski definition) is 3. The molecular formula is C12H23NO2. The highest BCUT2D eigenvalue weighted by atomic mass is 16.5. The SMILES string of the molecule is COCCNCC1(C2CC2)CCOCC1. The molecule has 88 valence electrons. The minimum Gasteiger partial charge on any atom is -0.383 e. The molecule has 0 radical (unpaired) electrons. The maximum absolute atomic E-state index is 5.48. The number of rotatable bonds is 6. The largest absolute Gasteiger partial charge is 0.383 e. The molecule has 1 N–H and O–H groups in total. The summed E-state index contributed by atoms with van der Waals surface area (Å²) in [4.78, 5) is 0. The molecule has 1 saturated heterocycles. The summed E-state index contributed by atoms with van der Waals surface area (Å²) in [5, 5.41) is 3.54. The maximum atomic E-state index is 5.48. The fourth-order valence-corrected chi connectivity index (χ4v) is 2.71. The quantitative estimate of drug-likeness (QED) is 0.677. The van der Waals surface area contributed by atoms with Gasteiger partial charge in [-0.05, 0) is 37.0 Å². The third-order valence-electron chi connectivity index (χ3n) is 3.89. The van der Waals surface area contributed by atoms with Crippen molar-refractivity contribution in [2.75, 3.05) is 40.0 Å². The van der Waals surface area contributed by atoms with Gasteiger partial charge >= 0.3 is 0 Å². The molecular weight excluding hydrogens is 190 g/mol. The minimum absolute atomic E-state index is 0.548. The van der Waals surface area contributed by atoms with Crippen molar-refractivity contribution in [3.05, 3.63) is 0 Å². The Morgan fingerprint density at radius 1 is 1.33 bits per heavy atom. The summed E-state index contributed by atoms with van der Waals surface area (Å²) in [6, 6.07) is 0. The first-order valence-electron chi connectivity index (χ1n) is 6.15. The van der Waals surface area contributed by atoms with Crippen molar-refractivity contribution in [1.82, 2.24) is 5.32 Å². The van der Waals surface area contributed by atoms with Crippen LogP contribution in [-0.2, 0) is 9.47 Å². The second-order valence-electron chi connectivity index (χ2n) is 4.92. The van der Waals surface area contributed by atoms with Gasteiger partial charge in [-0.1, -0.05) is 0 Å². The zero-order valence-corrected chi connectivity index (χ0v) is 9.76. The highest BCUT2D eigenvalue weighted by molar-refractivity contribution is 4.96. The highest BCUT2D eigenvalue weighted by Crippen LogP contribution is 2.50. The van der Waals surface area contributed by atoms with E-state index in [9.17, 15) is 0 Å². The van der Waals surface area contributed by atoms with Crippen LogP contribution in [0.15, 0.2) is 0 Å². The Labute approximate surface area is 92.5 Å². The molecule has 0 aromatic heterocycles. The van der Waals surface area contributed by atoms with Gasteiger partial charge in [-0.25, -0.2) is 0 Å². The standard InChI is InChI=1S/C12H23NO2/c1-14-9-6-13-10-12(11-2-3-11)4-7-15-8-5-12/h11,13H,2-10H2,1H3. The van der Waals surface area contributed by atoms with Crippen LogP contribution in [0.25, 0.3) is 0 Å². The van der Waals surface area contributed by atoms with Crippen molar-refractivity contribution in [1.29, 1.82) is 0 Å². The third kappa shape index (κ3) is 2.92. The van der Waals surface area contributed by atoms with Crippen LogP contribution in [0.3, 0.4) is 0 Å². The van der Waals surface area contributed by atoms with Crippen LogP contribution in [0.4, 0.5) is 0 Å². The lowest BCUT2D eigenvalue weighted by Gasteiger charge is -2.38. The van der Waals surface area contributed by atoms with E-state index in [0.717, 1.165) is 38.8 Å². The average Bonchev–Trinajstić information content (AvgIpc) is 3.10. The van der Waals surface area contributed by atoms with E-state index in [0.29, 0.717) is 5.41 Å². The van der Waals surface area contributed by atoms with Crippen LogP contribution < -0.4 is 5.32 Å². The molecule has 3 heteroatoms. The molecule has 2 fully saturated rings. The predicted octanol–water partition coefficient (Wildman–Crippen LogP) is 1.43. The molecule has 1 heterocycles. The Morgan fingerprint density at radius 2 is 2.07 bits per heavy atom. The van der Waals surface area contributed by atoms with E-state index < -0.39 is 0 Å². The van der Waals surface area contributed by atoms with Gasteiger partial charge in [0.25, 0.3) is 0 Å². The summed E-state index contributed by atoms with van der Waals surface area (Å²) in [6.07, 6.45) is 5.37. The Balaban J connectivity index is 1.77. The van der Waals surface area contributed by atoms with E-state index in [-0.39, 0.29) is 0 Å². The summed E-state index contributed by atoms with van der Waals surface area (Å²) < 4.78 is 10.5. The zero-order chi connectivity index (χ0) is 10.6. The Bertz CT molecular complexity index is 186. The van der Waals surface area contributed by atoms with Crippen molar-refractivity contribution >= 4 is 0 Å². The Morgan fingerprint density at radius 3 is 2.67 bits per heavy atom. The van der Waals surface area contributed by atoms with Gasteiger partial charge in [0.15, 0.2) is 0 Å². The number of methoxy groups -OCH3 is 1. The molecule has 3 nitrogen and oxygen atoms in total. The molecule has 1 saturated carbocycles. The normalized spacial score (nSPS) is 25.4. The van der Waals surface area contributed by atoms with Crippen LogP contribution in [-0.4, -0.2) is 40.0 Å². The van der Waals surface area contributed by atoms with Gasteiger partial charge in [-0.3, -0.25) is 0 Å². The molecule has 0 amide bonds. The fraction of sp³-hybridized carbons (Fsp3) is 1.00. The molecule has 0 spiro atoms. The van der Waals surface area contributed by atoms with Gasteiger partial charge in [-0.2, -0.15) is 0 Å². The Hall–Kier alpha value is -0.120. The molecule has 2 aliphatic rings. The van der Waals surface area contributed by atoms with E-state index in [1.54, 1.807) is 7.11 Å². The summed E-state index contributed by atoms with van der Waals surface area (Å²) >= 11 is 0. The van der Waals surface area contributed by atoms with Gasteiger partial charge in [0.1, 0.15) is 0 Å². The van der Waals surface area contributed by atoms with E-state index in [1.807, 2.05) is 0 Å². The summed E-state index contributed by atoms with van der Waals surface area (Å²) in [5.74, 6) is 0.969. The third-order valence-corrected chi connectivity index (χ3v) is 3.89. The highest BCUT2D eigenvalue weighted by Gasteiger charge is 2.45. The number of hydrogen-bond donors (Lipinski definition) is 1. The molecule has 1 aliphatic carbocycles. The fourth-order valence-electron chi connectivity index (χ4n) is 2.71. The molecule has 0 bridgehead atoms. The topological polar surface area (TPSA) is 30.5 Å². The first-order chi connectivity index (χ1) is 7.37. The first-order valence-corrected chi connectivity index (χ1v) is 6.15. The summed E-state index contributed by atoms with van der Waals surface area (Å²) in [6.45, 7) is 4.87. The first kappa shape index (κ1) is 11.4. The number of ether oxygens (including phenoxy) is 2. The van der Waals surface area contributed by atoms with Crippen molar-refractivity contribution in [3.8, 4) is 0 Å². The molecule has 2 rings (SSSR count). The molecule has 0 atom stereocenters. The van der Waals surface area contributed by atoms with Crippen LogP contribution in [0.1, 0.15) is 25.7 Å². The molecule has 15 heavy (non-hydrogen) atoms. The summed E-state index contributed by atoms with van der Waals surface area (Å²) in [5.41, 5.74) is 0.548. The molecule has 0 aromatic carbocycles. The van der Waals surface area contributed by atoms with E-state index in [4.69, 9.17) is 9.47 Å². The lowest BCUT2D eigenvalue weighted by Crippen LogP contribution is -2.41. The van der Waals surface area contributed by atoms with Crippen LogP contribution in [0.5, 0.6) is 0 Å². The molecule has 0 unspecified atom stereocenters. The average molecular weight is 213 g/mol. The van der Waals surface area contributed by atoms with Crippen molar-refractivity contribution in [2.24, 2.45) is 11.3 Å². The van der Waals surface area contributed by atoms with Gasteiger partial charge in [0, 0.05) is 33.4 Å². The number of nitrogens with one attached hydrogen (secondary N) is 1. The monoisotopic (exact) mass is 213 g/mol. The van der Waals surface area contributed by atoms with Gasteiger partial charge < -0.3 is 14.8 Å². The van der Waals surface area contributed by atoms with Gasteiger partial charge in [0.2, 0.25) is 0 Å². The molecule has 0 aromatic rings. The lowest BCUT2D eigenvalue weighted by atomic mass is 9.75. The zero-order valence-electron chi connectivity index (χ0n) is 9.76.